The molecule has 1 amide bonds. The number of ether oxygens (including phenoxy) is 1. The average Bonchev–Trinajstić information content (AvgIpc) is 2.47. The summed E-state index contributed by atoms with van der Waals surface area (Å²) in [6.45, 7) is 0. The Morgan fingerprint density at radius 2 is 1.85 bits per heavy atom. The number of hydrogen-bond acceptors (Lipinski definition) is 3. The van der Waals surface area contributed by atoms with E-state index in [1.807, 2.05) is 55.4 Å². The molecule has 0 radical (unpaired) electrons. The van der Waals surface area contributed by atoms with Crippen molar-refractivity contribution in [3.05, 3.63) is 54.1 Å². The zero-order valence-corrected chi connectivity index (χ0v) is 11.9. The Bertz CT molecular complexity index is 609. The van der Waals surface area contributed by atoms with Crippen LogP contribution in [0.3, 0.4) is 0 Å². The molecule has 0 bridgehead atoms. The number of nitrogens with one attached hydrogen (secondary N) is 1. The molecular weight excluding hydrogens is 252 g/mol. The van der Waals surface area contributed by atoms with Crippen LogP contribution in [0.2, 0.25) is 0 Å². The van der Waals surface area contributed by atoms with Gasteiger partial charge in [-0.25, -0.2) is 0 Å². The fourth-order valence-electron chi connectivity index (χ4n) is 1.89. The van der Waals surface area contributed by atoms with Gasteiger partial charge in [0, 0.05) is 25.5 Å². The maximum Gasteiger partial charge on any atom is 0.259 e. The summed E-state index contributed by atoms with van der Waals surface area (Å²) in [5.41, 5.74) is 2.31. The van der Waals surface area contributed by atoms with E-state index in [9.17, 15) is 4.79 Å². The van der Waals surface area contributed by atoms with Crippen molar-refractivity contribution in [2.24, 2.45) is 0 Å². The third-order valence-corrected chi connectivity index (χ3v) is 2.97. The summed E-state index contributed by atoms with van der Waals surface area (Å²) >= 11 is 0. The lowest BCUT2D eigenvalue weighted by atomic mass is 10.2. The summed E-state index contributed by atoms with van der Waals surface area (Å²) in [5, 5.41) is 2.88. The van der Waals surface area contributed by atoms with Gasteiger partial charge in [0.2, 0.25) is 0 Å². The maximum absolute atomic E-state index is 12.3. The Balaban J connectivity index is 2.21. The van der Waals surface area contributed by atoms with Crippen LogP contribution < -0.4 is 15.0 Å². The summed E-state index contributed by atoms with van der Waals surface area (Å²) in [6, 6.07) is 14.8. The molecule has 0 aliphatic rings. The topological polar surface area (TPSA) is 41.6 Å². The first kappa shape index (κ1) is 13.9. The summed E-state index contributed by atoms with van der Waals surface area (Å²) in [6.07, 6.45) is 0. The Labute approximate surface area is 119 Å². The van der Waals surface area contributed by atoms with E-state index < -0.39 is 0 Å². The first-order valence-electron chi connectivity index (χ1n) is 6.33. The predicted octanol–water partition coefficient (Wildman–Crippen LogP) is 3.01. The van der Waals surface area contributed by atoms with E-state index in [4.69, 9.17) is 4.74 Å². The van der Waals surface area contributed by atoms with E-state index in [1.165, 1.54) is 0 Å². The normalized spacial score (nSPS) is 9.95. The first-order chi connectivity index (χ1) is 9.61. The first-order valence-corrected chi connectivity index (χ1v) is 6.33. The number of benzene rings is 2. The van der Waals surface area contributed by atoms with Gasteiger partial charge in [0.05, 0.1) is 12.7 Å². The summed E-state index contributed by atoms with van der Waals surface area (Å²) in [5.74, 6) is 0.382. The highest BCUT2D eigenvalue weighted by Crippen LogP contribution is 2.21. The summed E-state index contributed by atoms with van der Waals surface area (Å²) in [7, 11) is 5.47. The van der Waals surface area contributed by atoms with Gasteiger partial charge in [-0.2, -0.15) is 0 Å². The highest BCUT2D eigenvalue weighted by molar-refractivity contribution is 6.06. The van der Waals surface area contributed by atoms with E-state index in [0.717, 1.165) is 11.4 Å². The highest BCUT2D eigenvalue weighted by Gasteiger charge is 2.11. The number of amides is 1. The standard InChI is InChI=1S/C16H18N2O2/c1-18(2)13-8-6-7-12(11-13)17-16(19)14-9-4-5-10-15(14)20-3/h4-11H,1-3H3,(H,17,19). The van der Waals surface area contributed by atoms with Crippen LogP contribution in [0.5, 0.6) is 5.75 Å². The largest absolute Gasteiger partial charge is 0.496 e. The van der Waals surface area contributed by atoms with Crippen LogP contribution in [0, 0.1) is 0 Å². The third kappa shape index (κ3) is 3.09. The van der Waals surface area contributed by atoms with Gasteiger partial charge in [-0.1, -0.05) is 18.2 Å². The third-order valence-electron chi connectivity index (χ3n) is 2.97. The second kappa shape index (κ2) is 6.10. The fourth-order valence-corrected chi connectivity index (χ4v) is 1.89. The van der Waals surface area contributed by atoms with Crippen LogP contribution in [0.4, 0.5) is 11.4 Å². The van der Waals surface area contributed by atoms with Crippen LogP contribution in [-0.4, -0.2) is 27.1 Å². The van der Waals surface area contributed by atoms with Crippen molar-refractivity contribution in [3.8, 4) is 5.75 Å². The number of anilines is 2. The SMILES string of the molecule is COc1ccccc1C(=O)Nc1cccc(N(C)C)c1. The molecular formula is C16H18N2O2. The zero-order chi connectivity index (χ0) is 14.5. The van der Waals surface area contributed by atoms with Gasteiger partial charge in [0.1, 0.15) is 5.75 Å². The highest BCUT2D eigenvalue weighted by atomic mass is 16.5. The maximum atomic E-state index is 12.3. The molecule has 2 rings (SSSR count). The zero-order valence-electron chi connectivity index (χ0n) is 11.9. The lowest BCUT2D eigenvalue weighted by Crippen LogP contribution is -2.14. The van der Waals surface area contributed by atoms with Crippen molar-refractivity contribution in [2.75, 3.05) is 31.4 Å². The molecule has 0 atom stereocenters. The number of nitrogens with zero attached hydrogens (tertiary/aromatic N) is 1. The van der Waals surface area contributed by atoms with E-state index in [0.29, 0.717) is 11.3 Å². The Kier molecular flexibility index (Phi) is 4.25. The van der Waals surface area contributed by atoms with Crippen LogP contribution in [0.25, 0.3) is 0 Å². The van der Waals surface area contributed by atoms with Gasteiger partial charge in [-0.15, -0.1) is 0 Å². The van der Waals surface area contributed by atoms with Gasteiger partial charge < -0.3 is 15.0 Å². The Hall–Kier alpha value is -2.49. The molecule has 2 aromatic rings. The van der Waals surface area contributed by atoms with Gasteiger partial charge in [-0.3, -0.25) is 4.79 Å². The molecule has 1 N–H and O–H groups in total. The molecule has 0 saturated heterocycles. The molecule has 104 valence electrons. The van der Waals surface area contributed by atoms with Gasteiger partial charge in [0.25, 0.3) is 5.91 Å². The molecule has 0 heterocycles. The minimum atomic E-state index is -0.182. The van der Waals surface area contributed by atoms with Gasteiger partial charge in [-0.05, 0) is 30.3 Å². The smallest absolute Gasteiger partial charge is 0.259 e. The van der Waals surface area contributed by atoms with Crippen LogP contribution >= 0.6 is 0 Å². The fraction of sp³-hybridized carbons (Fsp3) is 0.188. The molecule has 0 fully saturated rings. The number of methoxy groups -OCH3 is 1. The average molecular weight is 270 g/mol. The second-order valence-electron chi connectivity index (χ2n) is 4.60. The van der Waals surface area contributed by atoms with Crippen molar-refractivity contribution >= 4 is 17.3 Å². The minimum absolute atomic E-state index is 0.182. The quantitative estimate of drug-likeness (QED) is 0.928. The Morgan fingerprint density at radius 1 is 1.10 bits per heavy atom. The van der Waals surface area contributed by atoms with E-state index in [2.05, 4.69) is 5.32 Å². The molecule has 0 aromatic heterocycles. The number of rotatable bonds is 4. The van der Waals surface area contributed by atoms with Crippen molar-refractivity contribution in [1.82, 2.24) is 0 Å². The van der Waals surface area contributed by atoms with Crippen molar-refractivity contribution in [3.63, 3.8) is 0 Å². The molecule has 4 nitrogen and oxygen atoms in total. The molecule has 0 aliphatic heterocycles. The Morgan fingerprint density at radius 3 is 2.55 bits per heavy atom. The monoisotopic (exact) mass is 270 g/mol. The number of hydrogen-bond donors (Lipinski definition) is 1. The lowest BCUT2D eigenvalue weighted by molar-refractivity contribution is 0.102. The molecule has 0 aliphatic carbocycles. The van der Waals surface area contributed by atoms with Crippen LogP contribution in [-0.2, 0) is 0 Å². The van der Waals surface area contributed by atoms with Crippen molar-refractivity contribution in [2.45, 2.75) is 0 Å². The molecule has 0 saturated carbocycles. The molecule has 20 heavy (non-hydrogen) atoms. The minimum Gasteiger partial charge on any atom is -0.496 e. The van der Waals surface area contributed by atoms with E-state index in [1.54, 1.807) is 19.2 Å². The van der Waals surface area contributed by atoms with Gasteiger partial charge in [0.15, 0.2) is 0 Å². The second-order valence-corrected chi connectivity index (χ2v) is 4.60. The van der Waals surface area contributed by atoms with Crippen LogP contribution in [0.1, 0.15) is 10.4 Å². The molecule has 0 unspecified atom stereocenters. The number of para-hydroxylation sites is 1. The van der Waals surface area contributed by atoms with E-state index >= 15 is 0 Å². The van der Waals surface area contributed by atoms with Gasteiger partial charge >= 0.3 is 0 Å². The number of carbonyl (C=O) groups is 1. The number of carbonyl (C=O) groups excluding carboxylic acids is 1. The predicted molar refractivity (Wildman–Crippen MR) is 81.7 cm³/mol. The molecule has 0 spiro atoms. The van der Waals surface area contributed by atoms with Crippen molar-refractivity contribution < 1.29 is 9.53 Å². The van der Waals surface area contributed by atoms with Crippen molar-refractivity contribution in [1.29, 1.82) is 0 Å². The van der Waals surface area contributed by atoms with E-state index in [-0.39, 0.29) is 5.91 Å². The summed E-state index contributed by atoms with van der Waals surface area (Å²) in [4.78, 5) is 14.3. The lowest BCUT2D eigenvalue weighted by Gasteiger charge is -2.14. The van der Waals surface area contributed by atoms with Crippen LogP contribution in [0.15, 0.2) is 48.5 Å². The summed E-state index contributed by atoms with van der Waals surface area (Å²) < 4.78 is 5.20. The molecule has 2 aromatic carbocycles. The molecule has 4 heteroatoms.